The highest BCUT2D eigenvalue weighted by atomic mass is 16.8. The maximum absolute atomic E-state index is 11.6. The zero-order valence-corrected chi connectivity index (χ0v) is 36.5. The molecule has 9 rings (SSSR count). The molecule has 0 unspecified atom stereocenters. The first-order chi connectivity index (χ1) is 28.9. The fourth-order valence-electron chi connectivity index (χ4n) is 13.9. The molecule has 0 aromatic carbocycles. The summed E-state index contributed by atoms with van der Waals surface area (Å²) in [6, 6.07) is 0. The summed E-state index contributed by atoms with van der Waals surface area (Å²) < 4.78 is 49.7. The van der Waals surface area contributed by atoms with Crippen LogP contribution in [-0.4, -0.2) is 164 Å². The average molecular weight is 869 g/mol. The molecule has 5 saturated heterocycles. The van der Waals surface area contributed by atoms with Gasteiger partial charge in [0.05, 0.1) is 37.6 Å². The number of ether oxygens (including phenoxy) is 8. The number of hydrogen-bond acceptors (Lipinski definition) is 16. The molecule has 3 saturated carbocycles. The maximum Gasteiger partial charge on any atom is 0.187 e. The first kappa shape index (κ1) is 45.3. The zero-order chi connectivity index (χ0) is 43.5. The monoisotopic (exact) mass is 868 g/mol. The van der Waals surface area contributed by atoms with Gasteiger partial charge in [-0.25, -0.2) is 0 Å². The van der Waals surface area contributed by atoms with Crippen LogP contribution in [-0.2, 0) is 37.9 Å². The van der Waals surface area contributed by atoms with Crippen molar-refractivity contribution in [2.75, 3.05) is 13.2 Å². The van der Waals surface area contributed by atoms with Gasteiger partial charge >= 0.3 is 0 Å². The molecule has 61 heavy (non-hydrogen) atoms. The van der Waals surface area contributed by atoms with Crippen molar-refractivity contribution in [3.8, 4) is 0 Å². The van der Waals surface area contributed by atoms with Crippen LogP contribution in [0.4, 0.5) is 0 Å². The van der Waals surface area contributed by atoms with Crippen LogP contribution in [0.15, 0.2) is 11.6 Å². The summed E-state index contributed by atoms with van der Waals surface area (Å²) in [5, 5.41) is 85.6. The molecule has 5 aliphatic heterocycles. The van der Waals surface area contributed by atoms with E-state index in [4.69, 9.17) is 37.9 Å². The van der Waals surface area contributed by atoms with Gasteiger partial charge in [0.15, 0.2) is 24.7 Å². The van der Waals surface area contributed by atoms with Gasteiger partial charge < -0.3 is 78.7 Å². The first-order valence-electron chi connectivity index (χ1n) is 23.2. The highest BCUT2D eigenvalue weighted by Gasteiger charge is 2.69. The fraction of sp³-hybridized carbons (Fsp3) is 0.956. The Bertz CT molecular complexity index is 1590. The zero-order valence-electron chi connectivity index (χ0n) is 36.5. The Balaban J connectivity index is 0.902. The van der Waals surface area contributed by atoms with Crippen LogP contribution in [0.3, 0.4) is 0 Å². The SMILES string of the molecule is C[C@@H]1CC[C@@]2(OC1)O[C@H]1C[C@H]3[C@@H]4CC=C5C[C@@H](O[C@@H]6O[C@H](CO[C@@H]7O[C@@H](C)[C@H](O)[C@@H](O)[C@H]7O)[C@@H](O)[C@H](O)[C@H]6O[C@@H]6O[C@@H](C)[C@H](O)[C@@H](O)[C@H]6O)CC[C@]5(C)[C@H]4CC[C@]3(C)[C@H]1[C@@H]2C. The molecule has 0 aromatic rings. The molecule has 348 valence electrons. The number of rotatable bonds is 7. The summed E-state index contributed by atoms with van der Waals surface area (Å²) >= 11 is 0. The Hall–Kier alpha value is -0.900. The van der Waals surface area contributed by atoms with Crippen molar-refractivity contribution in [3.63, 3.8) is 0 Å². The van der Waals surface area contributed by atoms with E-state index in [0.29, 0.717) is 48.3 Å². The standard InChI is InChI=1S/C45H72O16/c1-19-9-14-45(55-17-19)20(2)30-28(61-45)16-27-25-8-7-23-15-24(10-12-43(23,5)26(25)11-13-44(27,30)6)58-42-39(60-41-38(53)35(50)32(47)22(4)57-41)36(51)33(48)29(59-42)18-54-40-37(52)34(49)31(46)21(3)56-40/h7,19-22,24-42,46-53H,8-18H2,1-6H3/t19-,20+,21+,22+,24+,25-,26+,27+,28+,29-,30+,31+,32+,33-,34-,35-,36+,37-,38-,39-,40-,41+,42-,43+,44+,45-/m1/s1. The van der Waals surface area contributed by atoms with E-state index < -0.39 is 105 Å². The first-order valence-corrected chi connectivity index (χ1v) is 23.2. The number of aliphatic hydroxyl groups excluding tert-OH is 8. The minimum atomic E-state index is -1.68. The molecule has 16 nitrogen and oxygen atoms in total. The second kappa shape index (κ2) is 16.8. The molecule has 4 aliphatic carbocycles. The second-order valence-corrected chi connectivity index (χ2v) is 21.1. The smallest absolute Gasteiger partial charge is 0.187 e. The predicted octanol–water partition coefficient (Wildman–Crippen LogP) is 1.24. The minimum Gasteiger partial charge on any atom is -0.388 e. The van der Waals surface area contributed by atoms with Crippen LogP contribution in [0.25, 0.3) is 0 Å². The highest BCUT2D eigenvalue weighted by molar-refractivity contribution is 5.26. The summed E-state index contributed by atoms with van der Waals surface area (Å²) in [5.74, 6) is 2.64. The largest absolute Gasteiger partial charge is 0.388 e. The van der Waals surface area contributed by atoms with Crippen LogP contribution in [0.1, 0.15) is 99.3 Å². The fourth-order valence-corrected chi connectivity index (χ4v) is 13.9. The van der Waals surface area contributed by atoms with Crippen LogP contribution >= 0.6 is 0 Å². The van der Waals surface area contributed by atoms with Crippen LogP contribution < -0.4 is 0 Å². The molecule has 8 fully saturated rings. The van der Waals surface area contributed by atoms with Gasteiger partial charge in [-0.3, -0.25) is 0 Å². The number of aliphatic hydroxyl groups is 8. The lowest BCUT2D eigenvalue weighted by Crippen LogP contribution is -2.65. The molecule has 1 spiro atoms. The van der Waals surface area contributed by atoms with Gasteiger partial charge in [-0.1, -0.05) is 39.3 Å². The maximum atomic E-state index is 11.6. The van der Waals surface area contributed by atoms with Crippen molar-refractivity contribution in [1.29, 1.82) is 0 Å². The van der Waals surface area contributed by atoms with E-state index in [0.717, 1.165) is 45.1 Å². The normalized spacial score (nSPS) is 58.4. The summed E-state index contributed by atoms with van der Waals surface area (Å²) in [7, 11) is 0. The van der Waals surface area contributed by atoms with Gasteiger partial charge in [0.25, 0.3) is 0 Å². The lowest BCUT2D eigenvalue weighted by atomic mass is 9.47. The van der Waals surface area contributed by atoms with Crippen LogP contribution in [0, 0.1) is 46.3 Å². The quantitative estimate of drug-likeness (QED) is 0.168. The molecule has 16 heteroatoms. The van der Waals surface area contributed by atoms with E-state index in [1.807, 2.05) is 0 Å². The highest BCUT2D eigenvalue weighted by Crippen LogP contribution is 2.70. The predicted molar refractivity (Wildman–Crippen MR) is 213 cm³/mol. The van der Waals surface area contributed by atoms with Crippen molar-refractivity contribution in [1.82, 2.24) is 0 Å². The topological polar surface area (TPSA) is 236 Å². The van der Waals surface area contributed by atoms with Crippen LogP contribution in [0.2, 0.25) is 0 Å². The molecule has 9 aliphatic rings. The van der Waals surface area contributed by atoms with Gasteiger partial charge in [-0.2, -0.15) is 0 Å². The van der Waals surface area contributed by atoms with E-state index >= 15 is 0 Å². The van der Waals surface area contributed by atoms with Crippen molar-refractivity contribution < 1.29 is 78.7 Å². The average Bonchev–Trinajstić information content (AvgIpc) is 3.68. The lowest BCUT2D eigenvalue weighted by molar-refractivity contribution is -0.374. The Kier molecular flexibility index (Phi) is 12.4. The van der Waals surface area contributed by atoms with E-state index in [9.17, 15) is 40.9 Å². The second-order valence-electron chi connectivity index (χ2n) is 21.1. The van der Waals surface area contributed by atoms with E-state index in [1.165, 1.54) is 25.8 Å². The summed E-state index contributed by atoms with van der Waals surface area (Å²) in [6.45, 7) is 13.0. The van der Waals surface area contributed by atoms with Gasteiger partial charge in [0.1, 0.15) is 61.0 Å². The van der Waals surface area contributed by atoms with Gasteiger partial charge in [0.2, 0.25) is 0 Å². The van der Waals surface area contributed by atoms with E-state index in [-0.39, 0.29) is 23.0 Å². The molecule has 0 bridgehead atoms. The van der Waals surface area contributed by atoms with Crippen molar-refractivity contribution >= 4 is 0 Å². The summed E-state index contributed by atoms with van der Waals surface area (Å²) in [4.78, 5) is 0. The Morgan fingerprint density at radius 1 is 0.689 bits per heavy atom. The molecule has 0 aromatic heterocycles. The number of fused-ring (bicyclic) bond motifs is 7. The van der Waals surface area contributed by atoms with Crippen molar-refractivity contribution in [2.45, 2.75) is 209 Å². The molecule has 5 heterocycles. The number of allylic oxidation sites excluding steroid dienone is 1. The van der Waals surface area contributed by atoms with E-state index in [1.54, 1.807) is 0 Å². The summed E-state index contributed by atoms with van der Waals surface area (Å²) in [6.07, 6.45) is -9.94. The molecule has 0 amide bonds. The minimum absolute atomic E-state index is 0.0171. The molecular weight excluding hydrogens is 796 g/mol. The molecular formula is C45H72O16. The third-order valence-corrected chi connectivity index (χ3v) is 17.6. The Labute approximate surface area is 358 Å². The Morgan fingerprint density at radius 2 is 1.38 bits per heavy atom. The number of hydrogen-bond donors (Lipinski definition) is 8. The molecule has 26 atom stereocenters. The third-order valence-electron chi connectivity index (χ3n) is 17.6. The van der Waals surface area contributed by atoms with Gasteiger partial charge in [0, 0.05) is 12.3 Å². The van der Waals surface area contributed by atoms with Gasteiger partial charge in [-0.15, -0.1) is 0 Å². The van der Waals surface area contributed by atoms with E-state index in [2.05, 4.69) is 33.8 Å². The summed E-state index contributed by atoms with van der Waals surface area (Å²) in [5.41, 5.74) is 1.53. The lowest BCUT2D eigenvalue weighted by Gasteiger charge is -2.58. The van der Waals surface area contributed by atoms with Gasteiger partial charge in [-0.05, 0) is 106 Å². The van der Waals surface area contributed by atoms with Crippen LogP contribution in [0.5, 0.6) is 0 Å². The van der Waals surface area contributed by atoms with Crippen molar-refractivity contribution in [3.05, 3.63) is 11.6 Å². The molecule has 8 N–H and O–H groups in total. The third kappa shape index (κ3) is 7.52. The Morgan fingerprint density at radius 3 is 2.07 bits per heavy atom. The molecule has 0 radical (unpaired) electrons. The van der Waals surface area contributed by atoms with Crippen molar-refractivity contribution in [2.24, 2.45) is 46.3 Å².